The van der Waals surface area contributed by atoms with Crippen molar-refractivity contribution in [2.24, 2.45) is 0 Å². The highest BCUT2D eigenvalue weighted by molar-refractivity contribution is 5.83. The second-order valence-corrected chi connectivity index (χ2v) is 4.65. The number of nitrogens with zero attached hydrogens (tertiary/aromatic N) is 1. The Morgan fingerprint density at radius 2 is 1.82 bits per heavy atom. The third-order valence-corrected chi connectivity index (χ3v) is 3.31. The second kappa shape index (κ2) is 5.48. The summed E-state index contributed by atoms with van der Waals surface area (Å²) in [5.74, 6) is 0.816. The van der Waals surface area contributed by atoms with Crippen molar-refractivity contribution in [2.45, 2.75) is 0 Å². The van der Waals surface area contributed by atoms with Crippen LogP contribution in [0.2, 0.25) is 0 Å². The summed E-state index contributed by atoms with van der Waals surface area (Å²) in [5.41, 5.74) is 0.611. The Bertz CT molecular complexity index is 906. The van der Waals surface area contributed by atoms with Crippen molar-refractivity contribution in [3.05, 3.63) is 52.6 Å². The summed E-state index contributed by atoms with van der Waals surface area (Å²) in [4.78, 5) is 19.3. The van der Waals surface area contributed by atoms with Crippen molar-refractivity contribution in [3.8, 4) is 22.9 Å². The van der Waals surface area contributed by atoms with E-state index < -0.39 is 5.82 Å². The molecule has 112 valence electrons. The molecule has 0 aliphatic rings. The first-order valence-corrected chi connectivity index (χ1v) is 6.54. The fraction of sp³-hybridized carbons (Fsp3) is 0.125. The van der Waals surface area contributed by atoms with Crippen molar-refractivity contribution in [1.29, 1.82) is 0 Å². The molecule has 0 aliphatic heterocycles. The molecule has 0 amide bonds. The summed E-state index contributed by atoms with van der Waals surface area (Å²) in [6.45, 7) is 0. The van der Waals surface area contributed by atoms with Crippen molar-refractivity contribution in [3.63, 3.8) is 0 Å². The van der Waals surface area contributed by atoms with Crippen LogP contribution in [0.15, 0.2) is 41.2 Å². The number of ether oxygens (including phenoxy) is 2. The van der Waals surface area contributed by atoms with Gasteiger partial charge >= 0.3 is 0 Å². The molecule has 2 aromatic carbocycles. The van der Waals surface area contributed by atoms with Gasteiger partial charge in [0, 0.05) is 11.6 Å². The largest absolute Gasteiger partial charge is 0.493 e. The van der Waals surface area contributed by atoms with Crippen LogP contribution in [-0.2, 0) is 0 Å². The van der Waals surface area contributed by atoms with E-state index in [9.17, 15) is 9.18 Å². The number of halogens is 1. The van der Waals surface area contributed by atoms with Gasteiger partial charge in [-0.2, -0.15) is 0 Å². The van der Waals surface area contributed by atoms with Gasteiger partial charge < -0.3 is 14.5 Å². The number of aromatic nitrogens is 2. The maximum absolute atomic E-state index is 13.3. The number of H-pyrrole nitrogens is 1. The zero-order chi connectivity index (χ0) is 15.7. The maximum Gasteiger partial charge on any atom is 0.259 e. The summed E-state index contributed by atoms with van der Waals surface area (Å²) in [7, 11) is 3.00. The van der Waals surface area contributed by atoms with Gasteiger partial charge in [0.25, 0.3) is 5.56 Å². The topological polar surface area (TPSA) is 64.2 Å². The lowest BCUT2D eigenvalue weighted by molar-refractivity contribution is 0.355. The fourth-order valence-electron chi connectivity index (χ4n) is 2.24. The molecule has 5 nitrogen and oxygen atoms in total. The lowest BCUT2D eigenvalue weighted by Crippen LogP contribution is -2.10. The second-order valence-electron chi connectivity index (χ2n) is 4.65. The molecule has 3 aromatic rings. The number of aromatic amines is 1. The first-order valence-electron chi connectivity index (χ1n) is 6.54. The Kier molecular flexibility index (Phi) is 3.50. The predicted octanol–water partition coefficient (Wildman–Crippen LogP) is 2.75. The molecule has 1 N–H and O–H groups in total. The third-order valence-electron chi connectivity index (χ3n) is 3.31. The highest BCUT2D eigenvalue weighted by atomic mass is 19.1. The standard InChI is InChI=1S/C16H13FN2O3/c1-21-13-7-11-12(8-14(13)22-2)18-15(19-16(11)20)9-4-3-5-10(17)6-9/h3-8H,1-2H3,(H,18,19,20). The van der Waals surface area contributed by atoms with Gasteiger partial charge in [0.15, 0.2) is 11.5 Å². The van der Waals surface area contributed by atoms with Crippen LogP contribution in [0.1, 0.15) is 0 Å². The highest BCUT2D eigenvalue weighted by Crippen LogP contribution is 2.30. The van der Waals surface area contributed by atoms with E-state index >= 15 is 0 Å². The summed E-state index contributed by atoms with van der Waals surface area (Å²) >= 11 is 0. The van der Waals surface area contributed by atoms with Crippen LogP contribution in [0.5, 0.6) is 11.5 Å². The molecule has 3 rings (SSSR count). The number of benzene rings is 2. The SMILES string of the molecule is COc1cc2nc(-c3cccc(F)c3)[nH]c(=O)c2cc1OC. The van der Waals surface area contributed by atoms with Crippen LogP contribution in [-0.4, -0.2) is 24.2 Å². The fourth-order valence-corrected chi connectivity index (χ4v) is 2.24. The highest BCUT2D eigenvalue weighted by Gasteiger charge is 2.12. The van der Waals surface area contributed by atoms with E-state index in [1.807, 2.05) is 0 Å². The minimum absolute atomic E-state index is 0.296. The molecule has 0 fully saturated rings. The first kappa shape index (κ1) is 14.1. The van der Waals surface area contributed by atoms with Gasteiger partial charge in [-0.1, -0.05) is 12.1 Å². The zero-order valence-electron chi connectivity index (χ0n) is 12.0. The Morgan fingerprint density at radius 3 is 2.50 bits per heavy atom. The lowest BCUT2D eigenvalue weighted by atomic mass is 10.1. The predicted molar refractivity (Wildman–Crippen MR) is 80.9 cm³/mol. The van der Waals surface area contributed by atoms with E-state index in [1.54, 1.807) is 24.3 Å². The normalized spacial score (nSPS) is 10.7. The van der Waals surface area contributed by atoms with Crippen molar-refractivity contribution >= 4 is 10.9 Å². The first-order chi connectivity index (χ1) is 10.6. The van der Waals surface area contributed by atoms with E-state index in [0.717, 1.165) is 0 Å². The van der Waals surface area contributed by atoms with Crippen LogP contribution < -0.4 is 15.0 Å². The lowest BCUT2D eigenvalue weighted by Gasteiger charge is -2.09. The van der Waals surface area contributed by atoms with Crippen LogP contribution in [0.25, 0.3) is 22.3 Å². The Morgan fingerprint density at radius 1 is 1.09 bits per heavy atom. The van der Waals surface area contributed by atoms with E-state index in [1.165, 1.54) is 26.4 Å². The molecular formula is C16H13FN2O3. The monoisotopic (exact) mass is 300 g/mol. The molecule has 22 heavy (non-hydrogen) atoms. The molecule has 0 unspecified atom stereocenters. The molecule has 0 spiro atoms. The number of rotatable bonds is 3. The minimum atomic E-state index is -0.396. The summed E-state index contributed by atoms with van der Waals surface area (Å²) in [6.07, 6.45) is 0. The summed E-state index contributed by atoms with van der Waals surface area (Å²) < 4.78 is 23.7. The number of methoxy groups -OCH3 is 2. The summed E-state index contributed by atoms with van der Waals surface area (Å²) in [6, 6.07) is 9.06. The number of nitrogens with one attached hydrogen (secondary N) is 1. The van der Waals surface area contributed by atoms with Crippen molar-refractivity contribution in [2.75, 3.05) is 14.2 Å². The Labute approximate surface area is 125 Å². The van der Waals surface area contributed by atoms with Crippen molar-refractivity contribution < 1.29 is 13.9 Å². The molecule has 0 bridgehead atoms. The van der Waals surface area contributed by atoms with Gasteiger partial charge in [-0.15, -0.1) is 0 Å². The minimum Gasteiger partial charge on any atom is -0.493 e. The molecule has 0 radical (unpaired) electrons. The van der Waals surface area contributed by atoms with Crippen LogP contribution in [0, 0.1) is 5.82 Å². The molecule has 0 saturated carbocycles. The molecule has 0 aliphatic carbocycles. The number of hydrogen-bond donors (Lipinski definition) is 1. The number of hydrogen-bond acceptors (Lipinski definition) is 4. The quantitative estimate of drug-likeness (QED) is 0.808. The van der Waals surface area contributed by atoms with E-state index in [2.05, 4.69) is 9.97 Å². The summed E-state index contributed by atoms with van der Waals surface area (Å²) in [5, 5.41) is 0.373. The van der Waals surface area contributed by atoms with E-state index in [-0.39, 0.29) is 5.56 Å². The molecule has 1 heterocycles. The molecular weight excluding hydrogens is 287 g/mol. The van der Waals surface area contributed by atoms with Gasteiger partial charge in [0.05, 0.1) is 25.1 Å². The molecule has 1 aromatic heterocycles. The van der Waals surface area contributed by atoms with Gasteiger partial charge in [-0.05, 0) is 18.2 Å². The average molecular weight is 300 g/mol. The zero-order valence-corrected chi connectivity index (χ0v) is 12.0. The Balaban J connectivity index is 2.26. The smallest absolute Gasteiger partial charge is 0.259 e. The van der Waals surface area contributed by atoms with Crippen LogP contribution in [0.3, 0.4) is 0 Å². The van der Waals surface area contributed by atoms with Crippen LogP contribution in [0.4, 0.5) is 4.39 Å². The van der Waals surface area contributed by atoms with E-state index in [0.29, 0.717) is 33.8 Å². The number of fused-ring (bicyclic) bond motifs is 1. The van der Waals surface area contributed by atoms with Gasteiger partial charge in [0.1, 0.15) is 11.6 Å². The molecule has 0 atom stereocenters. The maximum atomic E-state index is 13.3. The van der Waals surface area contributed by atoms with Gasteiger partial charge in [0.2, 0.25) is 0 Å². The van der Waals surface area contributed by atoms with Crippen molar-refractivity contribution in [1.82, 2.24) is 9.97 Å². The van der Waals surface area contributed by atoms with E-state index in [4.69, 9.17) is 9.47 Å². The molecule has 6 heteroatoms. The van der Waals surface area contributed by atoms with Gasteiger partial charge in [-0.3, -0.25) is 4.79 Å². The Hall–Kier alpha value is -2.89. The average Bonchev–Trinajstić information content (AvgIpc) is 2.53. The van der Waals surface area contributed by atoms with Crippen LogP contribution >= 0.6 is 0 Å². The molecule has 0 saturated heterocycles. The third kappa shape index (κ3) is 2.39. The van der Waals surface area contributed by atoms with Gasteiger partial charge in [-0.25, -0.2) is 9.37 Å².